The Morgan fingerprint density at radius 2 is 2.17 bits per heavy atom. The van der Waals surface area contributed by atoms with Crippen LogP contribution in [0.15, 0.2) is 29.4 Å². The van der Waals surface area contributed by atoms with Crippen LogP contribution in [0.4, 0.5) is 10.1 Å². The molecule has 8 heteroatoms. The Labute approximate surface area is 105 Å². The van der Waals surface area contributed by atoms with Crippen molar-refractivity contribution in [2.45, 2.75) is 0 Å². The number of rotatable bonds is 3. The monoisotopic (exact) mass is 265 g/mol. The molecule has 2 N–H and O–H groups in total. The van der Waals surface area contributed by atoms with Gasteiger partial charge in [-0.3, -0.25) is 10.1 Å². The molecular formula is C10H7N3O4S. The van der Waals surface area contributed by atoms with E-state index in [4.69, 9.17) is 5.11 Å². The van der Waals surface area contributed by atoms with Crippen LogP contribution in [0, 0.1) is 10.1 Å². The van der Waals surface area contributed by atoms with Gasteiger partial charge < -0.3 is 10.2 Å². The molecule has 0 bridgehead atoms. The van der Waals surface area contributed by atoms with Crippen LogP contribution in [-0.4, -0.2) is 26.3 Å². The number of hydrogen-bond donors (Lipinski definition) is 2. The number of nitrogens with zero attached hydrogens (tertiary/aromatic N) is 3. The molecule has 1 heterocycles. The van der Waals surface area contributed by atoms with Crippen LogP contribution in [0.3, 0.4) is 0 Å². The third kappa shape index (κ3) is 2.61. The van der Waals surface area contributed by atoms with Crippen molar-refractivity contribution in [3.8, 4) is 11.5 Å². The summed E-state index contributed by atoms with van der Waals surface area (Å²) in [5.41, 5.74) is 0.545. The molecular weight excluding hydrogens is 258 g/mol. The van der Waals surface area contributed by atoms with Gasteiger partial charge in [-0.25, -0.2) is 9.98 Å². The first-order valence-corrected chi connectivity index (χ1v) is 5.54. The van der Waals surface area contributed by atoms with Crippen LogP contribution in [0.25, 0.3) is 0 Å². The largest absolute Gasteiger partial charge is 0.504 e. The van der Waals surface area contributed by atoms with Crippen LogP contribution in [0.1, 0.15) is 5.56 Å². The fourth-order valence-electron chi connectivity index (χ4n) is 1.15. The summed E-state index contributed by atoms with van der Waals surface area (Å²) in [5.74, 6) is -0.485. The molecule has 1 aromatic carbocycles. The maximum atomic E-state index is 10.4. The molecule has 0 saturated heterocycles. The lowest BCUT2D eigenvalue weighted by Gasteiger charge is -1.97. The molecule has 0 aliphatic rings. The van der Waals surface area contributed by atoms with Crippen molar-refractivity contribution in [3.63, 3.8) is 0 Å². The maximum Gasteiger partial charge on any atom is 0.345 e. The third-order valence-electron chi connectivity index (χ3n) is 1.98. The maximum absolute atomic E-state index is 10.4. The number of aromatic nitrogens is 1. The average Bonchev–Trinajstić information content (AvgIpc) is 2.79. The average molecular weight is 265 g/mol. The Morgan fingerprint density at radius 1 is 1.39 bits per heavy atom. The van der Waals surface area contributed by atoms with Gasteiger partial charge in [0.15, 0.2) is 11.5 Å². The zero-order valence-electron chi connectivity index (χ0n) is 8.85. The molecule has 0 spiro atoms. The molecule has 2 rings (SSSR count). The van der Waals surface area contributed by atoms with Gasteiger partial charge >= 0.3 is 5.00 Å². The first-order valence-electron chi connectivity index (χ1n) is 4.72. The second-order valence-corrected chi connectivity index (χ2v) is 4.23. The Kier molecular flexibility index (Phi) is 3.20. The molecule has 7 nitrogen and oxygen atoms in total. The Bertz CT molecular complexity index is 623. The van der Waals surface area contributed by atoms with Gasteiger partial charge in [-0.05, 0) is 35.1 Å². The van der Waals surface area contributed by atoms with Gasteiger partial charge in [-0.15, -0.1) is 0 Å². The number of aliphatic imine (C=N–C) groups is 1. The molecule has 0 fully saturated rings. The summed E-state index contributed by atoms with van der Waals surface area (Å²) in [6, 6.07) is 4.18. The predicted molar refractivity (Wildman–Crippen MR) is 65.8 cm³/mol. The smallest absolute Gasteiger partial charge is 0.345 e. The summed E-state index contributed by atoms with van der Waals surface area (Å²) < 4.78 is 0. The van der Waals surface area contributed by atoms with E-state index in [2.05, 4.69) is 9.98 Å². The number of thiazole rings is 1. The van der Waals surface area contributed by atoms with Gasteiger partial charge in [0, 0.05) is 6.21 Å². The number of hydrogen-bond acceptors (Lipinski definition) is 7. The van der Waals surface area contributed by atoms with Crippen molar-refractivity contribution in [3.05, 3.63) is 40.1 Å². The molecule has 2 aromatic rings. The van der Waals surface area contributed by atoms with E-state index in [1.165, 1.54) is 18.3 Å². The summed E-state index contributed by atoms with van der Waals surface area (Å²) in [7, 11) is 0. The first kappa shape index (κ1) is 12.0. The highest BCUT2D eigenvalue weighted by atomic mass is 32.1. The predicted octanol–water partition coefficient (Wildman–Crippen LogP) is 2.21. The van der Waals surface area contributed by atoms with Crippen molar-refractivity contribution in [1.29, 1.82) is 0 Å². The van der Waals surface area contributed by atoms with E-state index in [1.807, 2.05) is 0 Å². The van der Waals surface area contributed by atoms with E-state index in [-0.39, 0.29) is 21.6 Å². The molecule has 0 amide bonds. The highest BCUT2D eigenvalue weighted by molar-refractivity contribution is 7.18. The minimum atomic E-state index is -0.539. The molecule has 0 saturated carbocycles. The molecule has 0 radical (unpaired) electrons. The summed E-state index contributed by atoms with van der Waals surface area (Å²) in [6.07, 6.45) is 2.52. The summed E-state index contributed by atoms with van der Waals surface area (Å²) in [5, 5.41) is 29.0. The number of nitro groups is 1. The molecule has 0 unspecified atom stereocenters. The fraction of sp³-hybridized carbons (Fsp3) is 0. The fourth-order valence-corrected chi connectivity index (χ4v) is 1.73. The Morgan fingerprint density at radius 3 is 2.78 bits per heavy atom. The van der Waals surface area contributed by atoms with Crippen LogP contribution < -0.4 is 0 Å². The SMILES string of the molecule is O=[N+]([O-])c1cnc(/N=C\c2ccc(O)c(O)c2)s1. The quantitative estimate of drug-likeness (QED) is 0.382. The summed E-state index contributed by atoms with van der Waals surface area (Å²) >= 11 is 0.848. The van der Waals surface area contributed by atoms with E-state index in [9.17, 15) is 15.2 Å². The highest BCUT2D eigenvalue weighted by Gasteiger charge is 2.10. The molecule has 0 aliphatic heterocycles. The second kappa shape index (κ2) is 4.80. The van der Waals surface area contributed by atoms with Gasteiger partial charge in [-0.1, -0.05) is 0 Å². The highest BCUT2D eigenvalue weighted by Crippen LogP contribution is 2.28. The van der Waals surface area contributed by atoms with E-state index < -0.39 is 4.92 Å². The van der Waals surface area contributed by atoms with Crippen LogP contribution in [0.2, 0.25) is 0 Å². The summed E-state index contributed by atoms with van der Waals surface area (Å²) in [6.45, 7) is 0. The van der Waals surface area contributed by atoms with Crippen molar-refractivity contribution in [2.24, 2.45) is 4.99 Å². The van der Waals surface area contributed by atoms with E-state index in [0.29, 0.717) is 5.56 Å². The lowest BCUT2D eigenvalue weighted by Crippen LogP contribution is -1.80. The second-order valence-electron chi connectivity index (χ2n) is 3.24. The molecule has 92 valence electrons. The minimum absolute atomic E-state index is 0.0873. The standard InChI is InChI=1S/C10H7N3O4S/c14-7-2-1-6(3-8(7)15)4-11-10-12-5-9(18-10)13(16)17/h1-5,14-15H/b11-4-. The Balaban J connectivity index is 2.19. The molecule has 0 aliphatic carbocycles. The number of benzene rings is 1. The van der Waals surface area contributed by atoms with Crippen molar-refractivity contribution in [1.82, 2.24) is 4.98 Å². The lowest BCUT2D eigenvalue weighted by molar-refractivity contribution is -0.380. The number of phenols is 2. The van der Waals surface area contributed by atoms with Crippen LogP contribution in [0.5, 0.6) is 11.5 Å². The number of aromatic hydroxyl groups is 2. The molecule has 0 atom stereocenters. The minimum Gasteiger partial charge on any atom is -0.504 e. The van der Waals surface area contributed by atoms with Gasteiger partial charge in [-0.2, -0.15) is 0 Å². The van der Waals surface area contributed by atoms with Crippen LogP contribution in [-0.2, 0) is 0 Å². The van der Waals surface area contributed by atoms with E-state index in [1.54, 1.807) is 6.07 Å². The first-order chi connectivity index (χ1) is 8.56. The van der Waals surface area contributed by atoms with Gasteiger partial charge in [0.25, 0.3) is 0 Å². The van der Waals surface area contributed by atoms with Gasteiger partial charge in [0.1, 0.15) is 6.20 Å². The van der Waals surface area contributed by atoms with Crippen LogP contribution >= 0.6 is 11.3 Å². The zero-order valence-corrected chi connectivity index (χ0v) is 9.66. The van der Waals surface area contributed by atoms with Crippen molar-refractivity contribution < 1.29 is 15.1 Å². The van der Waals surface area contributed by atoms with E-state index >= 15 is 0 Å². The van der Waals surface area contributed by atoms with Crippen molar-refractivity contribution in [2.75, 3.05) is 0 Å². The zero-order chi connectivity index (χ0) is 13.1. The normalized spacial score (nSPS) is 10.9. The van der Waals surface area contributed by atoms with Crippen molar-refractivity contribution >= 4 is 27.7 Å². The topological polar surface area (TPSA) is 109 Å². The molecule has 1 aromatic heterocycles. The number of phenolic OH excluding ortho intramolecular Hbond substituents is 2. The lowest BCUT2D eigenvalue weighted by atomic mass is 10.2. The third-order valence-corrected chi connectivity index (χ3v) is 2.84. The Hall–Kier alpha value is -2.48. The van der Waals surface area contributed by atoms with Gasteiger partial charge in [0.2, 0.25) is 5.13 Å². The molecule has 18 heavy (non-hydrogen) atoms. The van der Waals surface area contributed by atoms with E-state index in [0.717, 1.165) is 17.5 Å². The summed E-state index contributed by atoms with van der Waals surface area (Å²) in [4.78, 5) is 17.6. The van der Waals surface area contributed by atoms with Gasteiger partial charge in [0.05, 0.1) is 4.92 Å².